The van der Waals surface area contributed by atoms with Gasteiger partial charge in [0.25, 0.3) is 10.0 Å². The molecule has 2 N–H and O–H groups in total. The van der Waals surface area contributed by atoms with Crippen molar-refractivity contribution in [3.8, 4) is 11.3 Å². The summed E-state index contributed by atoms with van der Waals surface area (Å²) in [5.41, 5.74) is 2.23. The molecule has 1 amide bonds. The topological polar surface area (TPSA) is 88.2 Å². The average molecular weight is 387 g/mol. The quantitative estimate of drug-likeness (QED) is 0.695. The highest BCUT2D eigenvalue weighted by atomic mass is 32.2. The number of nitrogens with zero attached hydrogens (tertiary/aromatic N) is 1. The molecule has 134 valence electrons. The molecule has 0 radical (unpaired) electrons. The number of aromatic nitrogens is 1. The number of aryl methyl sites for hydroxylation is 1. The van der Waals surface area contributed by atoms with Gasteiger partial charge in [-0.25, -0.2) is 13.4 Å². The SMILES string of the molecule is CC(=O)Nc1ccc(S(=O)(=O)Nc2nc(-c3ccccc3)c(C)s2)cc1. The highest BCUT2D eigenvalue weighted by molar-refractivity contribution is 7.93. The zero-order valence-electron chi connectivity index (χ0n) is 14.2. The molecule has 2 aromatic carbocycles. The van der Waals surface area contributed by atoms with E-state index in [1.807, 2.05) is 37.3 Å². The third-order valence-corrected chi connectivity index (χ3v) is 5.92. The predicted molar refractivity (Wildman–Crippen MR) is 104 cm³/mol. The van der Waals surface area contributed by atoms with Crippen molar-refractivity contribution in [1.82, 2.24) is 4.98 Å². The molecule has 0 saturated carbocycles. The molecule has 0 spiro atoms. The Kier molecular flexibility index (Phi) is 5.06. The Hall–Kier alpha value is -2.71. The molecule has 0 unspecified atom stereocenters. The van der Waals surface area contributed by atoms with Crippen LogP contribution in [-0.4, -0.2) is 19.3 Å². The van der Waals surface area contributed by atoms with Crippen LogP contribution in [0.1, 0.15) is 11.8 Å². The average Bonchev–Trinajstić information content (AvgIpc) is 2.95. The number of rotatable bonds is 5. The first-order chi connectivity index (χ1) is 12.3. The van der Waals surface area contributed by atoms with Crippen LogP contribution in [0.2, 0.25) is 0 Å². The van der Waals surface area contributed by atoms with Gasteiger partial charge >= 0.3 is 0 Å². The molecule has 1 heterocycles. The smallest absolute Gasteiger partial charge is 0.263 e. The second-order valence-electron chi connectivity index (χ2n) is 5.60. The first kappa shape index (κ1) is 18.1. The zero-order chi connectivity index (χ0) is 18.7. The summed E-state index contributed by atoms with van der Waals surface area (Å²) in [5, 5.41) is 2.91. The van der Waals surface area contributed by atoms with Crippen LogP contribution in [0.15, 0.2) is 59.5 Å². The largest absolute Gasteiger partial charge is 0.326 e. The van der Waals surface area contributed by atoms with E-state index in [1.165, 1.54) is 30.4 Å². The molecule has 0 aliphatic carbocycles. The Morgan fingerprint density at radius 3 is 2.31 bits per heavy atom. The van der Waals surface area contributed by atoms with E-state index >= 15 is 0 Å². The van der Waals surface area contributed by atoms with Crippen molar-refractivity contribution in [2.24, 2.45) is 0 Å². The Bertz CT molecular complexity index is 1030. The molecular formula is C18H17N3O3S2. The number of nitrogens with one attached hydrogen (secondary N) is 2. The minimum Gasteiger partial charge on any atom is -0.326 e. The van der Waals surface area contributed by atoms with Gasteiger partial charge in [0.15, 0.2) is 5.13 Å². The fourth-order valence-electron chi connectivity index (χ4n) is 2.40. The minimum atomic E-state index is -3.76. The number of carbonyl (C=O) groups is 1. The number of carbonyl (C=O) groups excluding carboxylic acids is 1. The van der Waals surface area contributed by atoms with Crippen LogP contribution in [0.25, 0.3) is 11.3 Å². The summed E-state index contributed by atoms with van der Waals surface area (Å²) in [7, 11) is -3.76. The van der Waals surface area contributed by atoms with Crippen molar-refractivity contribution in [2.45, 2.75) is 18.7 Å². The molecule has 1 aromatic heterocycles. The molecule has 8 heteroatoms. The van der Waals surface area contributed by atoms with E-state index in [2.05, 4.69) is 15.0 Å². The summed E-state index contributed by atoms with van der Waals surface area (Å²) in [6.45, 7) is 3.29. The first-order valence-electron chi connectivity index (χ1n) is 7.78. The van der Waals surface area contributed by atoms with Gasteiger partial charge in [0, 0.05) is 23.1 Å². The molecule has 3 rings (SSSR count). The fraction of sp³-hybridized carbons (Fsp3) is 0.111. The lowest BCUT2D eigenvalue weighted by molar-refractivity contribution is -0.114. The van der Waals surface area contributed by atoms with Gasteiger partial charge in [0.1, 0.15) is 0 Å². The van der Waals surface area contributed by atoms with E-state index in [9.17, 15) is 13.2 Å². The number of benzene rings is 2. The number of hydrogen-bond acceptors (Lipinski definition) is 5. The number of anilines is 2. The monoisotopic (exact) mass is 387 g/mol. The summed E-state index contributed by atoms with van der Waals surface area (Å²) in [4.78, 5) is 16.5. The Balaban J connectivity index is 1.83. The maximum Gasteiger partial charge on any atom is 0.263 e. The summed E-state index contributed by atoms with van der Waals surface area (Å²) < 4.78 is 27.6. The third kappa shape index (κ3) is 4.09. The van der Waals surface area contributed by atoms with Gasteiger partial charge in [0.2, 0.25) is 5.91 Å². The first-order valence-corrected chi connectivity index (χ1v) is 10.1. The van der Waals surface area contributed by atoms with E-state index in [0.717, 1.165) is 16.1 Å². The summed E-state index contributed by atoms with van der Waals surface area (Å²) in [6.07, 6.45) is 0. The van der Waals surface area contributed by atoms with Gasteiger partial charge in [0.05, 0.1) is 10.6 Å². The van der Waals surface area contributed by atoms with E-state index in [4.69, 9.17) is 0 Å². The lowest BCUT2D eigenvalue weighted by Crippen LogP contribution is -2.13. The molecule has 26 heavy (non-hydrogen) atoms. The fourth-order valence-corrected chi connectivity index (χ4v) is 4.47. The van der Waals surface area contributed by atoms with Crippen molar-refractivity contribution in [2.75, 3.05) is 10.0 Å². The normalized spacial score (nSPS) is 11.2. The molecule has 0 fully saturated rings. The predicted octanol–water partition coefficient (Wildman–Crippen LogP) is 3.88. The van der Waals surface area contributed by atoms with Crippen LogP contribution in [0.4, 0.5) is 10.8 Å². The van der Waals surface area contributed by atoms with Crippen LogP contribution in [0.5, 0.6) is 0 Å². The highest BCUT2D eigenvalue weighted by Gasteiger charge is 2.18. The zero-order valence-corrected chi connectivity index (χ0v) is 15.8. The van der Waals surface area contributed by atoms with Gasteiger partial charge in [-0.2, -0.15) is 0 Å². The van der Waals surface area contributed by atoms with Crippen molar-refractivity contribution < 1.29 is 13.2 Å². The molecule has 0 bridgehead atoms. The summed E-state index contributed by atoms with van der Waals surface area (Å²) in [5.74, 6) is -0.217. The Labute approximate surface area is 156 Å². The minimum absolute atomic E-state index is 0.0979. The number of sulfonamides is 1. The van der Waals surface area contributed by atoms with Crippen LogP contribution in [0, 0.1) is 6.92 Å². The molecule has 0 atom stereocenters. The van der Waals surface area contributed by atoms with Gasteiger partial charge < -0.3 is 5.32 Å². The molecule has 3 aromatic rings. The summed E-state index contributed by atoms with van der Waals surface area (Å²) >= 11 is 1.28. The van der Waals surface area contributed by atoms with Gasteiger partial charge in [-0.15, -0.1) is 11.3 Å². The molecule has 0 saturated heterocycles. The molecule has 0 aliphatic rings. The maximum absolute atomic E-state index is 12.6. The Morgan fingerprint density at radius 2 is 1.69 bits per heavy atom. The second kappa shape index (κ2) is 7.27. The summed E-state index contributed by atoms with van der Waals surface area (Å²) in [6, 6.07) is 15.6. The van der Waals surface area contributed by atoms with E-state index in [-0.39, 0.29) is 10.8 Å². The van der Waals surface area contributed by atoms with Gasteiger partial charge in [-0.3, -0.25) is 9.52 Å². The van der Waals surface area contributed by atoms with E-state index in [1.54, 1.807) is 12.1 Å². The van der Waals surface area contributed by atoms with Crippen molar-refractivity contribution in [1.29, 1.82) is 0 Å². The second-order valence-corrected chi connectivity index (χ2v) is 8.49. The van der Waals surface area contributed by atoms with Gasteiger partial charge in [-0.1, -0.05) is 30.3 Å². The van der Waals surface area contributed by atoms with Crippen LogP contribution < -0.4 is 10.0 Å². The maximum atomic E-state index is 12.6. The van der Waals surface area contributed by atoms with Crippen LogP contribution >= 0.6 is 11.3 Å². The van der Waals surface area contributed by atoms with E-state index in [0.29, 0.717) is 10.8 Å². The molecular weight excluding hydrogens is 370 g/mol. The number of hydrogen-bond donors (Lipinski definition) is 2. The van der Waals surface area contributed by atoms with Crippen LogP contribution in [0.3, 0.4) is 0 Å². The van der Waals surface area contributed by atoms with Crippen molar-refractivity contribution in [3.63, 3.8) is 0 Å². The van der Waals surface area contributed by atoms with Crippen molar-refractivity contribution >= 4 is 38.1 Å². The lowest BCUT2D eigenvalue weighted by atomic mass is 10.1. The van der Waals surface area contributed by atoms with Crippen molar-refractivity contribution in [3.05, 3.63) is 59.5 Å². The Morgan fingerprint density at radius 1 is 1.04 bits per heavy atom. The number of thiazole rings is 1. The van der Waals surface area contributed by atoms with E-state index < -0.39 is 10.0 Å². The molecule has 0 aliphatic heterocycles. The van der Waals surface area contributed by atoms with Crippen LogP contribution in [-0.2, 0) is 14.8 Å². The third-order valence-electron chi connectivity index (χ3n) is 3.55. The standard InChI is InChI=1S/C18H17N3O3S2/c1-12-17(14-6-4-3-5-7-14)20-18(25-12)21-26(23,24)16-10-8-15(9-11-16)19-13(2)22/h3-11H,1-2H3,(H,19,22)(H,20,21). The van der Waals surface area contributed by atoms with Gasteiger partial charge in [-0.05, 0) is 31.2 Å². The number of amides is 1. The lowest BCUT2D eigenvalue weighted by Gasteiger charge is -2.06. The molecule has 6 nitrogen and oxygen atoms in total. The highest BCUT2D eigenvalue weighted by Crippen LogP contribution is 2.31.